The van der Waals surface area contributed by atoms with Crippen LogP contribution in [0, 0.1) is 5.82 Å². The number of nitrogens with zero attached hydrogens (tertiary/aromatic N) is 3. The monoisotopic (exact) mass is 534 g/mol. The fourth-order valence-corrected chi connectivity index (χ4v) is 4.52. The van der Waals surface area contributed by atoms with E-state index in [4.69, 9.17) is 9.84 Å². The number of amides is 1. The van der Waals surface area contributed by atoms with Crippen molar-refractivity contribution in [1.29, 1.82) is 0 Å². The van der Waals surface area contributed by atoms with E-state index in [1.54, 1.807) is 26.0 Å². The number of benzene rings is 1. The molecule has 38 heavy (non-hydrogen) atoms. The molecule has 1 aromatic carbocycles. The highest BCUT2D eigenvalue weighted by Crippen LogP contribution is 2.41. The Morgan fingerprint density at radius 1 is 1.34 bits per heavy atom. The van der Waals surface area contributed by atoms with Gasteiger partial charge in [0.15, 0.2) is 11.6 Å². The van der Waals surface area contributed by atoms with Gasteiger partial charge in [0.2, 0.25) is 0 Å². The van der Waals surface area contributed by atoms with E-state index in [1.807, 2.05) is 0 Å². The van der Waals surface area contributed by atoms with E-state index in [0.717, 1.165) is 6.20 Å². The lowest BCUT2D eigenvalue weighted by molar-refractivity contribution is -0.156. The number of aromatic nitrogens is 2. The first-order valence-electron chi connectivity index (χ1n) is 11.8. The molecular formula is C25H26F4N6O3. The summed E-state index contributed by atoms with van der Waals surface area (Å²) in [5.74, 6) is -2.06. The molecule has 1 aliphatic heterocycles. The molecule has 0 saturated carbocycles. The first kappa shape index (κ1) is 27.0. The summed E-state index contributed by atoms with van der Waals surface area (Å²) in [6.07, 6.45) is -3.38. The first-order chi connectivity index (χ1) is 18.0. The number of hydrogen-bond donors (Lipinski definition) is 4. The van der Waals surface area contributed by atoms with E-state index < -0.39 is 35.6 Å². The van der Waals surface area contributed by atoms with Crippen molar-refractivity contribution in [3.8, 4) is 5.75 Å². The maximum Gasteiger partial charge on any atom is 0.405 e. The summed E-state index contributed by atoms with van der Waals surface area (Å²) >= 11 is 0. The van der Waals surface area contributed by atoms with Gasteiger partial charge in [0.1, 0.15) is 5.82 Å². The second-order valence-electron chi connectivity index (χ2n) is 9.19. The van der Waals surface area contributed by atoms with Crippen molar-refractivity contribution in [3.05, 3.63) is 59.7 Å². The van der Waals surface area contributed by atoms with Crippen LogP contribution in [0.25, 0.3) is 10.9 Å². The quantitative estimate of drug-likeness (QED) is 0.189. The molecule has 4 rings (SSSR count). The second-order valence-corrected chi connectivity index (χ2v) is 9.19. The summed E-state index contributed by atoms with van der Waals surface area (Å²) in [6.45, 7) is 3.69. The fourth-order valence-electron chi connectivity index (χ4n) is 4.52. The van der Waals surface area contributed by atoms with Crippen LogP contribution in [-0.4, -0.2) is 58.3 Å². The maximum absolute atomic E-state index is 14.0. The third kappa shape index (κ3) is 6.28. The number of rotatable bonds is 8. The predicted molar refractivity (Wildman–Crippen MR) is 133 cm³/mol. The van der Waals surface area contributed by atoms with E-state index in [1.165, 1.54) is 30.5 Å². The van der Waals surface area contributed by atoms with E-state index in [2.05, 4.69) is 31.1 Å². The van der Waals surface area contributed by atoms with Crippen LogP contribution >= 0.6 is 0 Å². The van der Waals surface area contributed by atoms with Gasteiger partial charge >= 0.3 is 12.3 Å². The van der Waals surface area contributed by atoms with Crippen molar-refractivity contribution in [2.24, 2.45) is 5.10 Å². The number of hydrazone groups is 1. The first-order valence-corrected chi connectivity index (χ1v) is 11.8. The smallest absolute Gasteiger partial charge is 0.405 e. The van der Waals surface area contributed by atoms with Gasteiger partial charge in [-0.25, -0.2) is 19.2 Å². The van der Waals surface area contributed by atoms with Crippen LogP contribution in [0.3, 0.4) is 0 Å². The van der Waals surface area contributed by atoms with Gasteiger partial charge in [0.05, 0.1) is 35.5 Å². The Labute approximate surface area is 215 Å². The van der Waals surface area contributed by atoms with Crippen molar-refractivity contribution in [1.82, 2.24) is 20.6 Å². The Morgan fingerprint density at radius 2 is 2.13 bits per heavy atom. The zero-order valence-electron chi connectivity index (χ0n) is 20.5. The van der Waals surface area contributed by atoms with Crippen molar-refractivity contribution in [2.45, 2.75) is 43.9 Å². The van der Waals surface area contributed by atoms with Crippen LogP contribution in [-0.2, 0) is 0 Å². The molecule has 3 heterocycles. The van der Waals surface area contributed by atoms with Crippen LogP contribution in [0.4, 0.5) is 28.2 Å². The lowest BCUT2D eigenvalue weighted by Gasteiger charge is -2.28. The summed E-state index contributed by atoms with van der Waals surface area (Å²) in [7, 11) is 0. The number of pyridine rings is 2. The largest absolute Gasteiger partial charge is 0.491 e. The SMILES string of the molecule is CCOc1cc2nc(/C=N/Nc3ccc(C(C4CC(C)(NC(=O)O)CN4)C(F)(F)F)cn3)ccc2cc1F. The normalized spacial score (nSPS) is 20.5. The van der Waals surface area contributed by atoms with Crippen molar-refractivity contribution < 1.29 is 32.2 Å². The van der Waals surface area contributed by atoms with Crippen LogP contribution < -0.4 is 20.8 Å². The highest BCUT2D eigenvalue weighted by atomic mass is 19.4. The summed E-state index contributed by atoms with van der Waals surface area (Å²) < 4.78 is 61.2. The number of nitrogens with one attached hydrogen (secondary N) is 3. The lowest BCUT2D eigenvalue weighted by atomic mass is 9.87. The topological polar surface area (TPSA) is 121 Å². The molecule has 13 heteroatoms. The molecule has 9 nitrogen and oxygen atoms in total. The van der Waals surface area contributed by atoms with Gasteiger partial charge in [0, 0.05) is 30.2 Å². The van der Waals surface area contributed by atoms with Crippen LogP contribution in [0.15, 0.2) is 47.7 Å². The van der Waals surface area contributed by atoms with Gasteiger partial charge < -0.3 is 20.5 Å². The molecule has 0 bridgehead atoms. The van der Waals surface area contributed by atoms with E-state index >= 15 is 0 Å². The number of alkyl halides is 3. The van der Waals surface area contributed by atoms with Gasteiger partial charge in [-0.2, -0.15) is 18.3 Å². The van der Waals surface area contributed by atoms with Gasteiger partial charge in [-0.1, -0.05) is 12.1 Å². The molecule has 1 amide bonds. The Morgan fingerprint density at radius 3 is 2.79 bits per heavy atom. The van der Waals surface area contributed by atoms with Gasteiger partial charge in [-0.05, 0) is 44.0 Å². The number of carboxylic acid groups (broad SMARTS) is 1. The standard InChI is InChI=1S/C25H26F4N6O3/c1-3-38-20-9-18-14(8-17(20)26)4-6-16(33-18)12-32-35-21-7-5-15(11-30-21)22(25(27,28)29)19-10-24(2,13-31-19)34-23(36)37/h4-9,11-12,19,22,31,34H,3,10,13H2,1-2H3,(H,30,35)(H,36,37)/b32-12+. The van der Waals surface area contributed by atoms with Crippen molar-refractivity contribution in [2.75, 3.05) is 18.6 Å². The zero-order valence-corrected chi connectivity index (χ0v) is 20.5. The lowest BCUT2D eigenvalue weighted by Crippen LogP contribution is -2.46. The molecule has 3 unspecified atom stereocenters. The minimum Gasteiger partial charge on any atom is -0.491 e. The Balaban J connectivity index is 1.45. The minimum absolute atomic E-state index is 0.0365. The van der Waals surface area contributed by atoms with Gasteiger partial charge in [-0.3, -0.25) is 5.43 Å². The van der Waals surface area contributed by atoms with Crippen LogP contribution in [0.1, 0.15) is 37.4 Å². The average molecular weight is 535 g/mol. The molecule has 3 atom stereocenters. The molecular weight excluding hydrogens is 508 g/mol. The summed E-state index contributed by atoms with van der Waals surface area (Å²) in [5, 5.41) is 18.7. The number of halogens is 4. The van der Waals surface area contributed by atoms with E-state index in [-0.39, 0.29) is 30.1 Å². The molecule has 4 N–H and O–H groups in total. The third-order valence-corrected chi connectivity index (χ3v) is 6.17. The summed E-state index contributed by atoms with van der Waals surface area (Å²) in [6, 6.07) is 7.80. The molecule has 0 aliphatic carbocycles. The molecule has 1 aliphatic rings. The molecule has 202 valence electrons. The minimum atomic E-state index is -4.58. The average Bonchev–Trinajstić information content (AvgIpc) is 3.20. The number of hydrogen-bond acceptors (Lipinski definition) is 7. The Kier molecular flexibility index (Phi) is 7.67. The molecule has 1 fully saturated rings. The van der Waals surface area contributed by atoms with Crippen LogP contribution in [0.2, 0.25) is 0 Å². The van der Waals surface area contributed by atoms with E-state index in [9.17, 15) is 22.4 Å². The van der Waals surface area contributed by atoms with Crippen molar-refractivity contribution >= 4 is 29.0 Å². The fraction of sp³-hybridized carbons (Fsp3) is 0.360. The maximum atomic E-state index is 14.0. The Bertz CT molecular complexity index is 1340. The molecule has 3 aromatic rings. The molecule has 1 saturated heterocycles. The van der Waals surface area contributed by atoms with Gasteiger partial charge in [-0.15, -0.1) is 0 Å². The zero-order chi connectivity index (χ0) is 27.5. The second kappa shape index (κ2) is 10.8. The third-order valence-electron chi connectivity index (χ3n) is 6.17. The van der Waals surface area contributed by atoms with Crippen molar-refractivity contribution in [3.63, 3.8) is 0 Å². The molecule has 0 spiro atoms. The Hall–Kier alpha value is -4.00. The number of carbonyl (C=O) groups is 1. The molecule has 0 radical (unpaired) electrons. The highest BCUT2D eigenvalue weighted by Gasteiger charge is 2.50. The highest BCUT2D eigenvalue weighted by molar-refractivity contribution is 5.86. The number of fused-ring (bicyclic) bond motifs is 1. The summed E-state index contributed by atoms with van der Waals surface area (Å²) in [4.78, 5) is 19.5. The van der Waals surface area contributed by atoms with Crippen LogP contribution in [0.5, 0.6) is 5.75 Å². The predicted octanol–water partition coefficient (Wildman–Crippen LogP) is 4.65. The number of anilines is 1. The summed E-state index contributed by atoms with van der Waals surface area (Å²) in [5.41, 5.74) is 2.55. The van der Waals surface area contributed by atoms with E-state index in [0.29, 0.717) is 23.2 Å². The number of ether oxygens (including phenoxy) is 1. The van der Waals surface area contributed by atoms with Gasteiger partial charge in [0.25, 0.3) is 0 Å². The molecule has 2 aromatic heterocycles.